The van der Waals surface area contributed by atoms with Crippen LogP contribution in [-0.4, -0.2) is 37.6 Å². The minimum atomic E-state index is 0.556. The molecule has 1 aliphatic rings. The van der Waals surface area contributed by atoms with Crippen molar-refractivity contribution in [1.29, 1.82) is 5.26 Å². The molecule has 1 fully saturated rings. The van der Waals surface area contributed by atoms with Crippen LogP contribution < -0.4 is 4.90 Å². The molecule has 0 radical (unpaired) electrons. The van der Waals surface area contributed by atoms with Crippen LogP contribution >= 0.6 is 0 Å². The SMILES string of the molecule is Cc1ccc(C)c(N2CCN(CC#N)CC2)c1. The van der Waals surface area contributed by atoms with E-state index in [0.29, 0.717) is 6.54 Å². The monoisotopic (exact) mass is 229 g/mol. The van der Waals surface area contributed by atoms with Gasteiger partial charge in [0.25, 0.3) is 0 Å². The first kappa shape index (κ1) is 11.9. The minimum absolute atomic E-state index is 0.556. The summed E-state index contributed by atoms with van der Waals surface area (Å²) in [6.45, 7) is 8.87. The maximum Gasteiger partial charge on any atom is 0.0867 e. The lowest BCUT2D eigenvalue weighted by atomic mass is 10.1. The fraction of sp³-hybridized carbons (Fsp3) is 0.500. The van der Waals surface area contributed by atoms with Crippen molar-refractivity contribution in [1.82, 2.24) is 4.90 Å². The van der Waals surface area contributed by atoms with Crippen molar-refractivity contribution < 1.29 is 0 Å². The molecule has 0 aromatic heterocycles. The molecule has 1 aromatic rings. The number of hydrogen-bond acceptors (Lipinski definition) is 3. The van der Waals surface area contributed by atoms with E-state index >= 15 is 0 Å². The first-order chi connectivity index (χ1) is 8.20. The summed E-state index contributed by atoms with van der Waals surface area (Å²) in [6, 6.07) is 8.82. The number of nitrogens with zero attached hydrogens (tertiary/aromatic N) is 3. The second-order valence-electron chi connectivity index (χ2n) is 4.71. The van der Waals surface area contributed by atoms with Crippen molar-refractivity contribution in [2.24, 2.45) is 0 Å². The molecule has 3 nitrogen and oxygen atoms in total. The maximum absolute atomic E-state index is 8.68. The van der Waals surface area contributed by atoms with Crippen LogP contribution in [0.25, 0.3) is 0 Å². The highest BCUT2D eigenvalue weighted by Crippen LogP contribution is 2.22. The molecule has 0 unspecified atom stereocenters. The number of benzene rings is 1. The zero-order valence-corrected chi connectivity index (χ0v) is 10.6. The number of anilines is 1. The molecule has 3 heteroatoms. The molecule has 0 bridgehead atoms. The van der Waals surface area contributed by atoms with Crippen molar-refractivity contribution in [2.45, 2.75) is 13.8 Å². The van der Waals surface area contributed by atoms with Gasteiger partial charge in [0.15, 0.2) is 0 Å². The summed E-state index contributed by atoms with van der Waals surface area (Å²) >= 11 is 0. The number of rotatable bonds is 2. The Bertz CT molecular complexity index is 426. The van der Waals surface area contributed by atoms with Crippen LogP contribution in [0.1, 0.15) is 11.1 Å². The highest BCUT2D eigenvalue weighted by molar-refractivity contribution is 5.55. The average Bonchev–Trinajstić information content (AvgIpc) is 2.34. The second-order valence-corrected chi connectivity index (χ2v) is 4.71. The van der Waals surface area contributed by atoms with Gasteiger partial charge in [0.2, 0.25) is 0 Å². The maximum atomic E-state index is 8.68. The van der Waals surface area contributed by atoms with Crippen molar-refractivity contribution in [3.63, 3.8) is 0 Å². The first-order valence-corrected chi connectivity index (χ1v) is 6.12. The highest BCUT2D eigenvalue weighted by atomic mass is 15.3. The number of nitriles is 1. The van der Waals surface area contributed by atoms with Crippen molar-refractivity contribution >= 4 is 5.69 Å². The van der Waals surface area contributed by atoms with Gasteiger partial charge in [-0.1, -0.05) is 12.1 Å². The minimum Gasteiger partial charge on any atom is -0.369 e. The Labute approximate surface area is 103 Å². The van der Waals surface area contributed by atoms with E-state index in [9.17, 15) is 0 Å². The molecule has 0 aliphatic carbocycles. The lowest BCUT2D eigenvalue weighted by Gasteiger charge is -2.35. The normalized spacial score (nSPS) is 16.9. The van der Waals surface area contributed by atoms with Gasteiger partial charge >= 0.3 is 0 Å². The molecule has 1 aliphatic heterocycles. The predicted octanol–water partition coefficient (Wildman–Crippen LogP) is 1.95. The third-order valence-electron chi connectivity index (χ3n) is 3.37. The Balaban J connectivity index is 2.05. The highest BCUT2D eigenvalue weighted by Gasteiger charge is 2.17. The Morgan fingerprint density at radius 3 is 2.53 bits per heavy atom. The molecule has 0 spiro atoms. The van der Waals surface area contributed by atoms with Gasteiger partial charge in [0.05, 0.1) is 12.6 Å². The van der Waals surface area contributed by atoms with E-state index in [1.807, 2.05) is 0 Å². The molecule has 1 saturated heterocycles. The molecule has 0 atom stereocenters. The van der Waals surface area contributed by atoms with Gasteiger partial charge in [0.1, 0.15) is 0 Å². The summed E-state index contributed by atoms with van der Waals surface area (Å²) in [5.41, 5.74) is 4.00. The van der Waals surface area contributed by atoms with Gasteiger partial charge in [-0.2, -0.15) is 5.26 Å². The van der Waals surface area contributed by atoms with Crippen LogP contribution in [0, 0.1) is 25.2 Å². The predicted molar refractivity (Wildman–Crippen MR) is 70.2 cm³/mol. The fourth-order valence-corrected chi connectivity index (χ4v) is 2.31. The van der Waals surface area contributed by atoms with Gasteiger partial charge in [-0.3, -0.25) is 4.90 Å². The molecule has 90 valence electrons. The van der Waals surface area contributed by atoms with Crippen LogP contribution in [0.15, 0.2) is 18.2 Å². The van der Waals surface area contributed by atoms with E-state index in [-0.39, 0.29) is 0 Å². The smallest absolute Gasteiger partial charge is 0.0867 e. The Morgan fingerprint density at radius 2 is 1.88 bits per heavy atom. The number of aryl methyl sites for hydroxylation is 2. The third-order valence-corrected chi connectivity index (χ3v) is 3.37. The molecule has 0 N–H and O–H groups in total. The lowest BCUT2D eigenvalue weighted by molar-refractivity contribution is 0.287. The third kappa shape index (κ3) is 2.78. The van der Waals surface area contributed by atoms with Crippen LogP contribution in [-0.2, 0) is 0 Å². The Morgan fingerprint density at radius 1 is 1.18 bits per heavy atom. The number of piperazine rings is 1. The first-order valence-electron chi connectivity index (χ1n) is 6.12. The van der Waals surface area contributed by atoms with Crippen molar-refractivity contribution in [3.8, 4) is 6.07 Å². The van der Waals surface area contributed by atoms with Gasteiger partial charge in [-0.05, 0) is 31.0 Å². The van der Waals surface area contributed by atoms with E-state index in [0.717, 1.165) is 26.2 Å². The van der Waals surface area contributed by atoms with Crippen LogP contribution in [0.4, 0.5) is 5.69 Å². The van der Waals surface area contributed by atoms with Gasteiger partial charge < -0.3 is 4.90 Å². The molecule has 1 aromatic carbocycles. The summed E-state index contributed by atoms with van der Waals surface area (Å²) in [6.07, 6.45) is 0. The van der Waals surface area contributed by atoms with Gasteiger partial charge in [-0.25, -0.2) is 0 Å². The van der Waals surface area contributed by atoms with E-state index in [1.54, 1.807) is 0 Å². The average molecular weight is 229 g/mol. The van der Waals surface area contributed by atoms with Crippen LogP contribution in [0.3, 0.4) is 0 Å². The summed E-state index contributed by atoms with van der Waals surface area (Å²) in [5.74, 6) is 0. The molecule has 17 heavy (non-hydrogen) atoms. The Hall–Kier alpha value is -1.53. The van der Waals surface area contributed by atoms with Gasteiger partial charge in [0, 0.05) is 31.9 Å². The van der Waals surface area contributed by atoms with E-state index in [4.69, 9.17) is 5.26 Å². The summed E-state index contributed by atoms with van der Waals surface area (Å²) in [5, 5.41) is 8.68. The number of hydrogen-bond donors (Lipinski definition) is 0. The quantitative estimate of drug-likeness (QED) is 0.726. The summed E-state index contributed by atoms with van der Waals surface area (Å²) < 4.78 is 0. The van der Waals surface area contributed by atoms with Crippen LogP contribution in [0.5, 0.6) is 0 Å². The fourth-order valence-electron chi connectivity index (χ4n) is 2.31. The standard InChI is InChI=1S/C14H19N3/c1-12-3-4-13(2)14(11-12)17-9-7-16(6-5-15)8-10-17/h3-4,11H,6-10H2,1-2H3. The summed E-state index contributed by atoms with van der Waals surface area (Å²) in [7, 11) is 0. The topological polar surface area (TPSA) is 30.3 Å². The Kier molecular flexibility index (Phi) is 3.65. The summed E-state index contributed by atoms with van der Waals surface area (Å²) in [4.78, 5) is 4.64. The molecule has 0 amide bonds. The zero-order chi connectivity index (χ0) is 12.3. The zero-order valence-electron chi connectivity index (χ0n) is 10.6. The van der Waals surface area contributed by atoms with E-state index in [2.05, 4.69) is 47.9 Å². The molecular weight excluding hydrogens is 210 g/mol. The molecule has 0 saturated carbocycles. The molecular formula is C14H19N3. The molecule has 1 heterocycles. The largest absolute Gasteiger partial charge is 0.369 e. The second kappa shape index (κ2) is 5.20. The van der Waals surface area contributed by atoms with Crippen LogP contribution in [0.2, 0.25) is 0 Å². The lowest BCUT2D eigenvalue weighted by Crippen LogP contribution is -2.46. The van der Waals surface area contributed by atoms with E-state index in [1.165, 1.54) is 16.8 Å². The van der Waals surface area contributed by atoms with E-state index < -0.39 is 0 Å². The van der Waals surface area contributed by atoms with Crippen molar-refractivity contribution in [3.05, 3.63) is 29.3 Å². The van der Waals surface area contributed by atoms with Crippen molar-refractivity contribution in [2.75, 3.05) is 37.6 Å². The molecule has 2 rings (SSSR count). The van der Waals surface area contributed by atoms with Gasteiger partial charge in [-0.15, -0.1) is 0 Å².